The number of hydrogen-bond acceptors (Lipinski definition) is 4. The molecule has 4 heteroatoms. The van der Waals surface area contributed by atoms with Crippen LogP contribution in [0, 0.1) is 6.92 Å². The minimum absolute atomic E-state index is 0.127. The lowest BCUT2D eigenvalue weighted by molar-refractivity contribution is -0.115. The van der Waals surface area contributed by atoms with E-state index in [1.165, 1.54) is 0 Å². The Hall–Kier alpha value is -1.71. The van der Waals surface area contributed by atoms with E-state index in [4.69, 9.17) is 9.47 Å². The number of ether oxygens (including phenoxy) is 2. The fourth-order valence-electron chi connectivity index (χ4n) is 1.80. The first-order valence-corrected chi connectivity index (χ1v) is 5.42. The number of benzene rings is 1. The molecule has 0 radical (unpaired) electrons. The highest BCUT2D eigenvalue weighted by Gasteiger charge is 2.12. The molecule has 0 atom stereocenters. The molecule has 94 valence electrons. The van der Waals surface area contributed by atoms with E-state index in [-0.39, 0.29) is 5.78 Å². The maximum Gasteiger partial charge on any atom is 0.162 e. The largest absolute Gasteiger partial charge is 0.493 e. The molecular formula is C13H19NO3. The van der Waals surface area contributed by atoms with Gasteiger partial charge in [0.25, 0.3) is 0 Å². The molecule has 0 aliphatic heterocycles. The molecule has 0 saturated heterocycles. The molecule has 1 rings (SSSR count). The van der Waals surface area contributed by atoms with Gasteiger partial charge in [0.1, 0.15) is 5.78 Å². The Morgan fingerprint density at radius 3 is 2.24 bits per heavy atom. The first kappa shape index (κ1) is 13.4. The number of likely N-dealkylation sites (N-methyl/N-ethyl adjacent to an activating group) is 1. The van der Waals surface area contributed by atoms with Crippen molar-refractivity contribution in [3.05, 3.63) is 17.7 Å². The van der Waals surface area contributed by atoms with Crippen LogP contribution in [0.1, 0.15) is 12.5 Å². The highest BCUT2D eigenvalue weighted by molar-refractivity contribution is 5.81. The van der Waals surface area contributed by atoms with Crippen LogP contribution in [0.25, 0.3) is 0 Å². The molecule has 0 spiro atoms. The third-order valence-electron chi connectivity index (χ3n) is 2.57. The first-order valence-electron chi connectivity index (χ1n) is 5.42. The average molecular weight is 237 g/mol. The number of nitrogens with zero attached hydrogens (tertiary/aromatic N) is 1. The van der Waals surface area contributed by atoms with E-state index >= 15 is 0 Å². The highest BCUT2D eigenvalue weighted by atomic mass is 16.5. The lowest BCUT2D eigenvalue weighted by Crippen LogP contribution is -2.24. The molecule has 0 bridgehead atoms. The maximum absolute atomic E-state index is 11.1. The monoisotopic (exact) mass is 237 g/mol. The van der Waals surface area contributed by atoms with Gasteiger partial charge in [-0.1, -0.05) is 0 Å². The molecule has 1 aromatic carbocycles. The summed E-state index contributed by atoms with van der Waals surface area (Å²) in [6.45, 7) is 3.94. The number of aryl methyl sites for hydroxylation is 1. The summed E-state index contributed by atoms with van der Waals surface area (Å²) in [5.41, 5.74) is 2.02. The number of rotatable bonds is 5. The van der Waals surface area contributed by atoms with Gasteiger partial charge in [0, 0.05) is 18.8 Å². The molecule has 4 nitrogen and oxygen atoms in total. The number of anilines is 1. The summed E-state index contributed by atoms with van der Waals surface area (Å²) in [6, 6.07) is 3.79. The second kappa shape index (κ2) is 5.57. The van der Waals surface area contributed by atoms with E-state index in [0.717, 1.165) is 11.3 Å². The van der Waals surface area contributed by atoms with Crippen molar-refractivity contribution >= 4 is 11.5 Å². The third kappa shape index (κ3) is 3.12. The summed E-state index contributed by atoms with van der Waals surface area (Å²) in [5, 5.41) is 0. The summed E-state index contributed by atoms with van der Waals surface area (Å²) in [7, 11) is 5.09. The number of Topliss-reactive ketones (excluding diaryl/α,β-unsaturated/α-hetero) is 1. The Labute approximate surface area is 102 Å². The van der Waals surface area contributed by atoms with Crippen molar-refractivity contribution in [2.75, 3.05) is 32.7 Å². The predicted molar refractivity (Wildman–Crippen MR) is 68.2 cm³/mol. The van der Waals surface area contributed by atoms with Gasteiger partial charge in [-0.3, -0.25) is 4.79 Å². The van der Waals surface area contributed by atoms with Crippen molar-refractivity contribution in [3.8, 4) is 11.5 Å². The fourth-order valence-corrected chi connectivity index (χ4v) is 1.80. The molecule has 0 aliphatic carbocycles. The van der Waals surface area contributed by atoms with Crippen LogP contribution in [0.4, 0.5) is 5.69 Å². The van der Waals surface area contributed by atoms with Gasteiger partial charge in [0.15, 0.2) is 11.5 Å². The van der Waals surface area contributed by atoms with Crippen LogP contribution in [-0.4, -0.2) is 33.6 Å². The lowest BCUT2D eigenvalue weighted by atomic mass is 10.1. The lowest BCUT2D eigenvalue weighted by Gasteiger charge is -2.21. The standard InChI is InChI=1S/C13H19NO3/c1-9-6-12(16-4)13(17-5)7-11(9)14(3)8-10(2)15/h6-7H,8H2,1-5H3. The van der Waals surface area contributed by atoms with Gasteiger partial charge in [0.2, 0.25) is 0 Å². The van der Waals surface area contributed by atoms with Gasteiger partial charge >= 0.3 is 0 Å². The van der Waals surface area contributed by atoms with Gasteiger partial charge in [-0.2, -0.15) is 0 Å². The van der Waals surface area contributed by atoms with Crippen LogP contribution in [0.5, 0.6) is 11.5 Å². The fraction of sp³-hybridized carbons (Fsp3) is 0.462. The number of carbonyl (C=O) groups excluding carboxylic acids is 1. The molecule has 1 aromatic rings. The molecule has 0 saturated carbocycles. The zero-order valence-electron chi connectivity index (χ0n) is 11.0. The van der Waals surface area contributed by atoms with Gasteiger partial charge < -0.3 is 14.4 Å². The second-order valence-electron chi connectivity index (χ2n) is 4.05. The summed E-state index contributed by atoms with van der Waals surface area (Å²) in [6.07, 6.45) is 0. The Morgan fingerprint density at radius 1 is 1.24 bits per heavy atom. The Balaban J connectivity index is 3.11. The van der Waals surface area contributed by atoms with Crippen molar-refractivity contribution in [1.29, 1.82) is 0 Å². The van der Waals surface area contributed by atoms with Crippen LogP contribution in [0.15, 0.2) is 12.1 Å². The van der Waals surface area contributed by atoms with Crippen LogP contribution in [0.3, 0.4) is 0 Å². The van der Waals surface area contributed by atoms with Gasteiger partial charge in [0.05, 0.1) is 20.8 Å². The minimum atomic E-state index is 0.127. The topological polar surface area (TPSA) is 38.8 Å². The predicted octanol–water partition coefficient (Wildman–Crippen LogP) is 2.04. The number of hydrogen-bond donors (Lipinski definition) is 0. The molecule has 0 fully saturated rings. The quantitative estimate of drug-likeness (QED) is 0.785. The molecule has 0 aliphatic rings. The average Bonchev–Trinajstić information content (AvgIpc) is 2.27. The zero-order valence-corrected chi connectivity index (χ0v) is 11.0. The van der Waals surface area contributed by atoms with E-state index in [1.54, 1.807) is 21.1 Å². The van der Waals surface area contributed by atoms with Crippen LogP contribution >= 0.6 is 0 Å². The maximum atomic E-state index is 11.1. The van der Waals surface area contributed by atoms with E-state index in [0.29, 0.717) is 18.0 Å². The molecule has 0 amide bonds. The Bertz CT molecular complexity index is 415. The summed E-state index contributed by atoms with van der Waals surface area (Å²) in [5.74, 6) is 1.50. The van der Waals surface area contributed by atoms with Crippen molar-refractivity contribution < 1.29 is 14.3 Å². The van der Waals surface area contributed by atoms with Crippen LogP contribution < -0.4 is 14.4 Å². The van der Waals surface area contributed by atoms with Crippen LogP contribution in [-0.2, 0) is 4.79 Å². The molecule has 17 heavy (non-hydrogen) atoms. The SMILES string of the molecule is COc1cc(C)c(N(C)CC(C)=O)cc1OC. The van der Waals surface area contributed by atoms with Crippen LogP contribution in [0.2, 0.25) is 0 Å². The van der Waals surface area contributed by atoms with E-state index < -0.39 is 0 Å². The Morgan fingerprint density at radius 2 is 1.76 bits per heavy atom. The molecule has 0 N–H and O–H groups in total. The van der Waals surface area contributed by atoms with Crippen molar-refractivity contribution in [1.82, 2.24) is 0 Å². The first-order chi connectivity index (χ1) is 7.99. The number of ketones is 1. The molecule has 0 unspecified atom stereocenters. The second-order valence-corrected chi connectivity index (χ2v) is 4.05. The van der Waals surface area contributed by atoms with Gasteiger partial charge in [-0.25, -0.2) is 0 Å². The summed E-state index contributed by atoms with van der Waals surface area (Å²) < 4.78 is 10.5. The van der Waals surface area contributed by atoms with Gasteiger partial charge in [-0.05, 0) is 25.5 Å². The van der Waals surface area contributed by atoms with Crippen molar-refractivity contribution in [3.63, 3.8) is 0 Å². The molecular weight excluding hydrogens is 218 g/mol. The third-order valence-corrected chi connectivity index (χ3v) is 2.57. The zero-order chi connectivity index (χ0) is 13.0. The summed E-state index contributed by atoms with van der Waals surface area (Å²) >= 11 is 0. The molecule has 0 aromatic heterocycles. The van der Waals surface area contributed by atoms with Crippen molar-refractivity contribution in [2.24, 2.45) is 0 Å². The van der Waals surface area contributed by atoms with Crippen molar-refractivity contribution in [2.45, 2.75) is 13.8 Å². The minimum Gasteiger partial charge on any atom is -0.493 e. The number of carbonyl (C=O) groups is 1. The Kier molecular flexibility index (Phi) is 4.37. The highest BCUT2D eigenvalue weighted by Crippen LogP contribution is 2.34. The smallest absolute Gasteiger partial charge is 0.162 e. The van der Waals surface area contributed by atoms with Gasteiger partial charge in [-0.15, -0.1) is 0 Å². The molecule has 0 heterocycles. The van der Waals surface area contributed by atoms with E-state index in [1.807, 2.05) is 31.0 Å². The van der Waals surface area contributed by atoms with E-state index in [9.17, 15) is 4.79 Å². The number of methoxy groups -OCH3 is 2. The summed E-state index contributed by atoms with van der Waals surface area (Å²) in [4.78, 5) is 13.0. The normalized spacial score (nSPS) is 9.94. The van der Waals surface area contributed by atoms with E-state index in [2.05, 4.69) is 0 Å².